The van der Waals surface area contributed by atoms with Crippen molar-refractivity contribution in [2.24, 2.45) is 0 Å². The van der Waals surface area contributed by atoms with E-state index in [-0.39, 0.29) is 17.2 Å². The lowest BCUT2D eigenvalue weighted by atomic mass is 9.94. The summed E-state index contributed by atoms with van der Waals surface area (Å²) in [5.74, 6) is 1.97. The second-order valence-corrected chi connectivity index (χ2v) is 9.12. The summed E-state index contributed by atoms with van der Waals surface area (Å²) in [6, 6.07) is 14.4. The average Bonchev–Trinajstić information content (AvgIpc) is 3.32. The number of carbonyl (C=O) groups is 1. The van der Waals surface area contributed by atoms with Crippen LogP contribution in [0.25, 0.3) is 0 Å². The molecule has 2 aliphatic rings. The highest BCUT2D eigenvalue weighted by molar-refractivity contribution is 8.00. The van der Waals surface area contributed by atoms with Gasteiger partial charge in [0, 0.05) is 13.1 Å². The molecule has 0 N–H and O–H groups in total. The minimum Gasteiger partial charge on any atom is -0.493 e. The van der Waals surface area contributed by atoms with E-state index in [1.807, 2.05) is 32.0 Å². The number of hydrogen-bond donors (Lipinski definition) is 0. The first-order valence-corrected chi connectivity index (χ1v) is 11.7. The number of methoxy groups -OCH3 is 1. The molecule has 0 amide bonds. The SMILES string of the molecule is CCOc1ccc(C(C2Sc3nc(C)nn3C2=O)N2CCc3ccccc3C2)cc1OC. The molecule has 2 unspecified atom stereocenters. The average molecular weight is 451 g/mol. The van der Waals surface area contributed by atoms with Crippen LogP contribution >= 0.6 is 11.8 Å². The zero-order valence-corrected chi connectivity index (χ0v) is 19.3. The van der Waals surface area contributed by atoms with E-state index in [0.29, 0.717) is 29.1 Å². The molecule has 3 aromatic rings. The molecule has 166 valence electrons. The molecule has 7 nitrogen and oxygen atoms in total. The molecule has 2 atom stereocenters. The molecule has 0 fully saturated rings. The van der Waals surface area contributed by atoms with Crippen LogP contribution in [-0.4, -0.2) is 51.1 Å². The van der Waals surface area contributed by atoms with Crippen molar-refractivity contribution in [3.05, 3.63) is 65.0 Å². The zero-order valence-electron chi connectivity index (χ0n) is 18.4. The number of ether oxygens (including phenoxy) is 2. The van der Waals surface area contributed by atoms with Crippen molar-refractivity contribution in [3.8, 4) is 11.5 Å². The summed E-state index contributed by atoms with van der Waals surface area (Å²) in [6.07, 6.45) is 0.953. The van der Waals surface area contributed by atoms with E-state index in [0.717, 1.165) is 25.1 Å². The van der Waals surface area contributed by atoms with E-state index in [9.17, 15) is 4.79 Å². The molecule has 32 heavy (non-hydrogen) atoms. The number of rotatable bonds is 6. The number of benzene rings is 2. The first kappa shape index (κ1) is 21.0. The van der Waals surface area contributed by atoms with Crippen molar-refractivity contribution >= 4 is 17.7 Å². The normalized spacial score (nSPS) is 18.8. The summed E-state index contributed by atoms with van der Waals surface area (Å²) in [7, 11) is 1.64. The van der Waals surface area contributed by atoms with Gasteiger partial charge < -0.3 is 9.47 Å². The van der Waals surface area contributed by atoms with Gasteiger partial charge >= 0.3 is 0 Å². The van der Waals surface area contributed by atoms with Crippen LogP contribution in [0.1, 0.15) is 40.3 Å². The van der Waals surface area contributed by atoms with Crippen LogP contribution in [-0.2, 0) is 13.0 Å². The fourth-order valence-corrected chi connectivity index (χ4v) is 5.88. The lowest BCUT2D eigenvalue weighted by Gasteiger charge is -2.38. The Morgan fingerprint density at radius 2 is 2.00 bits per heavy atom. The van der Waals surface area contributed by atoms with Crippen LogP contribution in [0.15, 0.2) is 47.6 Å². The Hall–Kier alpha value is -2.84. The molecule has 0 aliphatic carbocycles. The molecular formula is C24H26N4O3S. The van der Waals surface area contributed by atoms with Crippen molar-refractivity contribution < 1.29 is 14.3 Å². The Balaban J connectivity index is 1.54. The van der Waals surface area contributed by atoms with Crippen molar-refractivity contribution in [1.82, 2.24) is 19.7 Å². The number of aryl methyl sites for hydroxylation is 1. The van der Waals surface area contributed by atoms with Gasteiger partial charge in [0.1, 0.15) is 11.1 Å². The quantitative estimate of drug-likeness (QED) is 0.564. The minimum absolute atomic E-state index is 0.0256. The largest absolute Gasteiger partial charge is 0.493 e. The monoisotopic (exact) mass is 450 g/mol. The van der Waals surface area contributed by atoms with Gasteiger partial charge in [0.2, 0.25) is 0 Å². The lowest BCUT2D eigenvalue weighted by Crippen LogP contribution is -2.41. The summed E-state index contributed by atoms with van der Waals surface area (Å²) in [6.45, 7) is 5.98. The van der Waals surface area contributed by atoms with Crippen molar-refractivity contribution in [2.75, 3.05) is 20.3 Å². The van der Waals surface area contributed by atoms with Gasteiger partial charge in [-0.15, -0.1) is 5.10 Å². The first-order chi connectivity index (χ1) is 15.6. The summed E-state index contributed by atoms with van der Waals surface area (Å²) in [4.78, 5) is 20.2. The fraction of sp³-hybridized carbons (Fsp3) is 0.375. The van der Waals surface area contributed by atoms with Crippen molar-refractivity contribution in [3.63, 3.8) is 0 Å². The molecule has 0 saturated heterocycles. The van der Waals surface area contributed by atoms with E-state index in [1.165, 1.54) is 27.6 Å². The van der Waals surface area contributed by atoms with E-state index >= 15 is 0 Å². The third-order valence-electron chi connectivity index (χ3n) is 6.04. The maximum absolute atomic E-state index is 13.4. The molecule has 2 aromatic carbocycles. The number of aromatic nitrogens is 3. The molecule has 2 aliphatic heterocycles. The molecule has 0 radical (unpaired) electrons. The van der Waals surface area contributed by atoms with Gasteiger partial charge in [0.15, 0.2) is 16.7 Å². The molecule has 0 bridgehead atoms. The third kappa shape index (κ3) is 3.67. The van der Waals surface area contributed by atoms with Gasteiger partial charge in [-0.25, -0.2) is 4.98 Å². The van der Waals surface area contributed by atoms with Gasteiger partial charge in [0.25, 0.3) is 5.91 Å². The summed E-state index contributed by atoms with van der Waals surface area (Å²) in [5, 5.41) is 4.65. The van der Waals surface area contributed by atoms with Crippen LogP contribution in [0, 0.1) is 6.92 Å². The summed E-state index contributed by atoms with van der Waals surface area (Å²) >= 11 is 1.50. The van der Waals surface area contributed by atoms with Crippen LogP contribution < -0.4 is 9.47 Å². The molecule has 0 spiro atoms. The standard InChI is InChI=1S/C24H26N4O3S/c1-4-31-19-10-9-17(13-20(19)30-3)21(22-23(29)28-24(32-22)25-15(2)26-28)27-12-11-16-7-5-6-8-18(16)14-27/h5-10,13,21-22H,4,11-12,14H2,1-3H3. The number of carbonyl (C=O) groups excluding carboxylic acids is 1. The highest BCUT2D eigenvalue weighted by Gasteiger charge is 2.43. The van der Waals surface area contributed by atoms with E-state index in [4.69, 9.17) is 9.47 Å². The predicted molar refractivity (Wildman–Crippen MR) is 122 cm³/mol. The highest BCUT2D eigenvalue weighted by Crippen LogP contribution is 2.44. The Bertz CT molecular complexity index is 1160. The Kier molecular flexibility index (Phi) is 5.65. The first-order valence-electron chi connectivity index (χ1n) is 10.8. The number of thioether (sulfide) groups is 1. The smallest absolute Gasteiger partial charge is 0.264 e. The van der Waals surface area contributed by atoms with E-state index in [2.05, 4.69) is 39.2 Å². The zero-order chi connectivity index (χ0) is 22.2. The molecule has 0 saturated carbocycles. The predicted octanol–water partition coefficient (Wildman–Crippen LogP) is 3.91. The summed E-state index contributed by atoms with van der Waals surface area (Å²) in [5.41, 5.74) is 3.71. The van der Waals surface area contributed by atoms with Gasteiger partial charge in [-0.3, -0.25) is 9.69 Å². The summed E-state index contributed by atoms with van der Waals surface area (Å²) < 4.78 is 12.8. The van der Waals surface area contributed by atoms with Gasteiger partial charge in [-0.05, 0) is 49.1 Å². The Morgan fingerprint density at radius 1 is 1.19 bits per heavy atom. The Morgan fingerprint density at radius 3 is 2.75 bits per heavy atom. The van der Waals surface area contributed by atoms with Gasteiger partial charge in [0.05, 0.1) is 19.8 Å². The topological polar surface area (TPSA) is 69.5 Å². The van der Waals surface area contributed by atoms with E-state index in [1.54, 1.807) is 7.11 Å². The Labute approximate surface area is 191 Å². The van der Waals surface area contributed by atoms with Crippen LogP contribution in [0.2, 0.25) is 0 Å². The van der Waals surface area contributed by atoms with Crippen LogP contribution in [0.5, 0.6) is 11.5 Å². The molecular weight excluding hydrogens is 424 g/mol. The second-order valence-electron chi connectivity index (χ2n) is 8.01. The molecule has 8 heteroatoms. The molecule has 3 heterocycles. The highest BCUT2D eigenvalue weighted by atomic mass is 32.2. The van der Waals surface area contributed by atoms with Crippen LogP contribution in [0.3, 0.4) is 0 Å². The number of nitrogens with zero attached hydrogens (tertiary/aromatic N) is 4. The third-order valence-corrected chi connectivity index (χ3v) is 7.23. The number of hydrogen-bond acceptors (Lipinski definition) is 7. The lowest BCUT2D eigenvalue weighted by molar-refractivity contribution is 0.0824. The van der Waals surface area contributed by atoms with Gasteiger partial charge in [-0.1, -0.05) is 42.1 Å². The second kappa shape index (κ2) is 8.60. The van der Waals surface area contributed by atoms with Crippen LogP contribution in [0.4, 0.5) is 0 Å². The maximum atomic E-state index is 13.4. The van der Waals surface area contributed by atoms with E-state index < -0.39 is 0 Å². The molecule has 1 aromatic heterocycles. The number of fused-ring (bicyclic) bond motifs is 2. The molecule has 5 rings (SSSR count). The minimum atomic E-state index is -0.335. The van der Waals surface area contributed by atoms with Crippen molar-refractivity contribution in [2.45, 2.75) is 43.3 Å². The van der Waals surface area contributed by atoms with Crippen molar-refractivity contribution in [1.29, 1.82) is 0 Å². The maximum Gasteiger partial charge on any atom is 0.264 e. The fourth-order valence-electron chi connectivity index (χ4n) is 4.57. The van der Waals surface area contributed by atoms with Gasteiger partial charge in [-0.2, -0.15) is 4.68 Å².